The molecule has 0 radical (unpaired) electrons. The monoisotopic (exact) mass is 326 g/mol. The maximum absolute atomic E-state index is 11.6. The second-order valence-corrected chi connectivity index (χ2v) is 8.61. The van der Waals surface area contributed by atoms with E-state index >= 15 is 0 Å². The van der Waals surface area contributed by atoms with E-state index in [1.165, 1.54) is 11.1 Å². The van der Waals surface area contributed by atoms with Crippen molar-refractivity contribution in [1.82, 2.24) is 9.44 Å². The smallest absolute Gasteiger partial charge is 0.202 e. The normalized spacial score (nSPS) is 12.8. The third-order valence-electron chi connectivity index (χ3n) is 3.40. The van der Waals surface area contributed by atoms with E-state index in [4.69, 9.17) is 0 Å². The second kappa shape index (κ2) is 8.09. The zero-order valence-corrected chi connectivity index (χ0v) is 15.3. The van der Waals surface area contributed by atoms with Crippen molar-refractivity contribution in [3.8, 4) is 0 Å². The van der Waals surface area contributed by atoms with Crippen LogP contribution in [-0.4, -0.2) is 21.0 Å². The molecule has 0 aromatic heterocycles. The number of nitrogens with one attached hydrogen (secondary N) is 2. The van der Waals surface area contributed by atoms with Gasteiger partial charge in [0.1, 0.15) is 0 Å². The summed E-state index contributed by atoms with van der Waals surface area (Å²) in [4.78, 5) is 0. The lowest BCUT2D eigenvalue weighted by Gasteiger charge is -2.19. The lowest BCUT2D eigenvalue weighted by atomic mass is 9.86. The molecule has 0 unspecified atom stereocenters. The van der Waals surface area contributed by atoms with Gasteiger partial charge in [-0.05, 0) is 49.7 Å². The quantitative estimate of drug-likeness (QED) is 0.721. The van der Waals surface area contributed by atoms with Gasteiger partial charge in [-0.15, -0.1) is 0 Å². The molecule has 0 aliphatic heterocycles. The van der Waals surface area contributed by atoms with Crippen LogP contribution in [0.2, 0.25) is 0 Å². The van der Waals surface area contributed by atoms with Crippen LogP contribution in [0.4, 0.5) is 0 Å². The first kappa shape index (κ1) is 19.1. The van der Waals surface area contributed by atoms with E-state index in [-0.39, 0.29) is 11.5 Å². The molecule has 22 heavy (non-hydrogen) atoms. The predicted octanol–water partition coefficient (Wildman–Crippen LogP) is 3.14. The van der Waals surface area contributed by atoms with E-state index < -0.39 is 10.2 Å². The Morgan fingerprint density at radius 1 is 1.05 bits per heavy atom. The number of rotatable bonds is 8. The Kier molecular flexibility index (Phi) is 7.03. The van der Waals surface area contributed by atoms with Gasteiger partial charge in [-0.1, -0.05) is 45.0 Å². The molecule has 126 valence electrons. The van der Waals surface area contributed by atoms with Crippen molar-refractivity contribution in [2.75, 3.05) is 6.54 Å². The highest BCUT2D eigenvalue weighted by Crippen LogP contribution is 2.22. The molecular formula is C17H30N2O2S. The molecule has 0 atom stereocenters. The Morgan fingerprint density at radius 3 is 2.14 bits per heavy atom. The van der Waals surface area contributed by atoms with Crippen LogP contribution in [0.1, 0.15) is 58.6 Å². The minimum atomic E-state index is -3.35. The van der Waals surface area contributed by atoms with Crippen molar-refractivity contribution in [2.24, 2.45) is 0 Å². The second-order valence-electron chi connectivity index (χ2n) is 7.07. The standard InChI is InChI=1S/C17H30N2O2S/c1-14(2)19-22(20,21)18-13-7-6-8-15-9-11-16(12-10-15)17(3,4)5/h9-12,14,18-19H,6-8,13H2,1-5H3. The van der Waals surface area contributed by atoms with Crippen LogP contribution < -0.4 is 9.44 Å². The molecule has 0 fully saturated rings. The minimum Gasteiger partial charge on any atom is -0.202 e. The SMILES string of the molecule is CC(C)NS(=O)(=O)NCCCCc1ccc(C(C)(C)C)cc1. The van der Waals surface area contributed by atoms with Crippen LogP contribution in [-0.2, 0) is 22.0 Å². The molecule has 0 amide bonds. The topological polar surface area (TPSA) is 58.2 Å². The van der Waals surface area contributed by atoms with Crippen LogP contribution >= 0.6 is 0 Å². The number of aryl methyl sites for hydroxylation is 1. The molecule has 4 nitrogen and oxygen atoms in total. The predicted molar refractivity (Wildman–Crippen MR) is 93.3 cm³/mol. The van der Waals surface area contributed by atoms with E-state index in [1.807, 2.05) is 0 Å². The molecule has 5 heteroatoms. The lowest BCUT2D eigenvalue weighted by Crippen LogP contribution is -2.40. The van der Waals surface area contributed by atoms with E-state index in [9.17, 15) is 8.42 Å². The first-order chi connectivity index (χ1) is 10.1. The molecule has 1 aromatic carbocycles. The van der Waals surface area contributed by atoms with Crippen LogP contribution in [0.3, 0.4) is 0 Å². The summed E-state index contributed by atoms with van der Waals surface area (Å²) in [5.74, 6) is 0. The van der Waals surface area contributed by atoms with Crippen molar-refractivity contribution in [2.45, 2.75) is 65.3 Å². The molecule has 0 bridgehead atoms. The van der Waals surface area contributed by atoms with Crippen LogP contribution in [0.25, 0.3) is 0 Å². The lowest BCUT2D eigenvalue weighted by molar-refractivity contribution is 0.551. The van der Waals surface area contributed by atoms with Gasteiger partial charge in [-0.3, -0.25) is 0 Å². The summed E-state index contributed by atoms with van der Waals surface area (Å²) in [7, 11) is -3.35. The third-order valence-corrected chi connectivity index (χ3v) is 4.76. The number of unbranched alkanes of at least 4 members (excludes halogenated alkanes) is 1. The van der Waals surface area contributed by atoms with Gasteiger partial charge in [0.05, 0.1) is 0 Å². The highest BCUT2D eigenvalue weighted by atomic mass is 32.2. The number of hydrogen-bond donors (Lipinski definition) is 2. The fourth-order valence-electron chi connectivity index (χ4n) is 2.18. The van der Waals surface area contributed by atoms with Crippen molar-refractivity contribution < 1.29 is 8.42 Å². The molecule has 0 heterocycles. The van der Waals surface area contributed by atoms with E-state index in [2.05, 4.69) is 54.5 Å². The first-order valence-corrected chi connectivity index (χ1v) is 9.45. The van der Waals surface area contributed by atoms with Crippen molar-refractivity contribution >= 4 is 10.2 Å². The maximum atomic E-state index is 11.6. The van der Waals surface area contributed by atoms with Gasteiger partial charge in [0, 0.05) is 12.6 Å². The third kappa shape index (κ3) is 7.38. The molecule has 0 saturated heterocycles. The summed E-state index contributed by atoms with van der Waals surface area (Å²) in [6.45, 7) is 10.7. The molecule has 1 aromatic rings. The highest BCUT2D eigenvalue weighted by Gasteiger charge is 2.13. The Bertz CT molecular complexity index is 543. The van der Waals surface area contributed by atoms with Gasteiger partial charge < -0.3 is 0 Å². The zero-order valence-electron chi connectivity index (χ0n) is 14.4. The maximum Gasteiger partial charge on any atom is 0.277 e. The van der Waals surface area contributed by atoms with Gasteiger partial charge >= 0.3 is 0 Å². The number of hydrogen-bond acceptors (Lipinski definition) is 2. The molecule has 0 aliphatic carbocycles. The van der Waals surface area contributed by atoms with Crippen LogP contribution in [0.15, 0.2) is 24.3 Å². The molecule has 0 aliphatic rings. The summed E-state index contributed by atoms with van der Waals surface area (Å²) in [5, 5.41) is 0. The summed E-state index contributed by atoms with van der Waals surface area (Å²) < 4.78 is 28.2. The number of benzene rings is 1. The molecule has 0 saturated carbocycles. The fraction of sp³-hybridized carbons (Fsp3) is 0.647. The highest BCUT2D eigenvalue weighted by molar-refractivity contribution is 7.87. The molecule has 1 rings (SSSR count). The van der Waals surface area contributed by atoms with Gasteiger partial charge in [0.15, 0.2) is 0 Å². The van der Waals surface area contributed by atoms with Crippen LogP contribution in [0.5, 0.6) is 0 Å². The minimum absolute atomic E-state index is 0.0844. The van der Waals surface area contributed by atoms with Gasteiger partial charge in [-0.2, -0.15) is 13.1 Å². The molecular weight excluding hydrogens is 296 g/mol. The van der Waals surface area contributed by atoms with Crippen molar-refractivity contribution in [3.05, 3.63) is 35.4 Å². The van der Waals surface area contributed by atoms with Crippen molar-refractivity contribution in [3.63, 3.8) is 0 Å². The Morgan fingerprint density at radius 2 is 1.64 bits per heavy atom. The summed E-state index contributed by atoms with van der Waals surface area (Å²) in [6.07, 6.45) is 2.78. The Hall–Kier alpha value is -0.910. The largest absolute Gasteiger partial charge is 0.277 e. The summed E-state index contributed by atoms with van der Waals surface area (Å²) in [5.41, 5.74) is 2.82. The first-order valence-electron chi connectivity index (χ1n) is 7.96. The van der Waals surface area contributed by atoms with Crippen molar-refractivity contribution in [1.29, 1.82) is 0 Å². The van der Waals surface area contributed by atoms with E-state index in [1.54, 1.807) is 13.8 Å². The summed E-state index contributed by atoms with van der Waals surface area (Å²) >= 11 is 0. The van der Waals surface area contributed by atoms with E-state index in [0.29, 0.717) is 6.54 Å². The zero-order chi connectivity index (χ0) is 16.8. The Labute approximate surface area is 135 Å². The molecule has 2 N–H and O–H groups in total. The van der Waals surface area contributed by atoms with Gasteiger partial charge in [0.25, 0.3) is 10.2 Å². The van der Waals surface area contributed by atoms with Crippen LogP contribution in [0, 0.1) is 0 Å². The summed E-state index contributed by atoms with van der Waals surface area (Å²) in [6, 6.07) is 8.63. The Balaban J connectivity index is 2.31. The van der Waals surface area contributed by atoms with Gasteiger partial charge in [-0.25, -0.2) is 4.72 Å². The van der Waals surface area contributed by atoms with Gasteiger partial charge in [0.2, 0.25) is 0 Å². The fourth-order valence-corrected chi connectivity index (χ4v) is 3.30. The molecule has 0 spiro atoms. The average molecular weight is 327 g/mol. The average Bonchev–Trinajstić information content (AvgIpc) is 2.36. The van der Waals surface area contributed by atoms with E-state index in [0.717, 1.165) is 19.3 Å².